The van der Waals surface area contributed by atoms with Crippen LogP contribution in [-0.2, 0) is 14.3 Å². The molecule has 4 atom stereocenters. The Bertz CT molecular complexity index is 1670. The van der Waals surface area contributed by atoms with Crippen molar-refractivity contribution in [2.24, 2.45) is 5.92 Å². The quantitative estimate of drug-likeness (QED) is 0.248. The first kappa shape index (κ1) is 32.7. The average Bonchev–Trinajstić information content (AvgIpc) is 3.37. The van der Waals surface area contributed by atoms with Gasteiger partial charge in [-0.3, -0.25) is 4.79 Å². The third kappa shape index (κ3) is 6.93. The van der Waals surface area contributed by atoms with Crippen LogP contribution in [0, 0.1) is 5.92 Å². The van der Waals surface area contributed by atoms with E-state index >= 15 is 0 Å². The molecule has 0 bridgehead atoms. The summed E-state index contributed by atoms with van der Waals surface area (Å²) in [5.41, 5.74) is 1.23. The standard InChI is InChI=1S/C35H43N5O6S/c1-5-45-33(42)35-18-22(35)11-9-7-6-8-10-14-36-34(43)40-19-24(16-29(40)31(41)39-35)46-30-17-27(32-38-28(20-47-32)21(2)3)37-26-15-23(44-4)12-13-25(26)30/h9,11-13,15,17,20-22,24,29H,5-8,10,14,16,18-19H2,1-4H3,(H,36,43)(H,39,41)/b11-9-/t22-,24-,29+,35-/m1/s1. The Morgan fingerprint density at radius 2 is 2.02 bits per heavy atom. The highest BCUT2D eigenvalue weighted by molar-refractivity contribution is 7.13. The zero-order chi connectivity index (χ0) is 33.1. The molecule has 6 rings (SSSR count). The topological polar surface area (TPSA) is 132 Å². The molecule has 250 valence electrons. The molecule has 2 aromatic heterocycles. The zero-order valence-corrected chi connectivity index (χ0v) is 28.2. The largest absolute Gasteiger partial charge is 0.497 e. The molecule has 0 unspecified atom stereocenters. The van der Waals surface area contributed by atoms with Crippen LogP contribution in [0.2, 0.25) is 0 Å². The van der Waals surface area contributed by atoms with Gasteiger partial charge in [0.15, 0.2) is 0 Å². The van der Waals surface area contributed by atoms with E-state index in [9.17, 15) is 14.4 Å². The van der Waals surface area contributed by atoms with Gasteiger partial charge in [-0.15, -0.1) is 11.3 Å². The van der Waals surface area contributed by atoms with Gasteiger partial charge >= 0.3 is 12.0 Å². The number of carbonyl (C=O) groups is 3. The van der Waals surface area contributed by atoms with E-state index in [1.54, 1.807) is 14.0 Å². The molecule has 2 fully saturated rings. The van der Waals surface area contributed by atoms with Crippen LogP contribution in [0.15, 0.2) is 41.8 Å². The van der Waals surface area contributed by atoms with Crippen LogP contribution in [0.3, 0.4) is 0 Å². The van der Waals surface area contributed by atoms with Gasteiger partial charge in [-0.1, -0.05) is 32.4 Å². The van der Waals surface area contributed by atoms with Crippen LogP contribution in [0.4, 0.5) is 4.79 Å². The molecule has 0 spiro atoms. The number of hydrogen-bond donors (Lipinski definition) is 2. The molecule has 2 aliphatic heterocycles. The second-order valence-electron chi connectivity index (χ2n) is 12.8. The second kappa shape index (κ2) is 13.9. The number of benzene rings is 1. The van der Waals surface area contributed by atoms with Gasteiger partial charge in [0.1, 0.15) is 39.9 Å². The van der Waals surface area contributed by atoms with E-state index in [2.05, 4.69) is 30.6 Å². The van der Waals surface area contributed by atoms with Crippen molar-refractivity contribution < 1.29 is 28.6 Å². The van der Waals surface area contributed by atoms with E-state index in [1.165, 1.54) is 16.2 Å². The minimum Gasteiger partial charge on any atom is -0.497 e. The first-order chi connectivity index (χ1) is 22.7. The molecule has 3 aliphatic rings. The number of carbonyl (C=O) groups excluding carboxylic acids is 3. The Labute approximate surface area is 279 Å². The number of esters is 1. The summed E-state index contributed by atoms with van der Waals surface area (Å²) in [7, 11) is 1.61. The summed E-state index contributed by atoms with van der Waals surface area (Å²) in [6.07, 6.45) is 7.99. The van der Waals surface area contributed by atoms with Crippen LogP contribution in [0.25, 0.3) is 21.6 Å². The summed E-state index contributed by atoms with van der Waals surface area (Å²) >= 11 is 1.53. The molecule has 1 saturated heterocycles. The normalized spacial score (nSPS) is 25.6. The van der Waals surface area contributed by atoms with Gasteiger partial charge in [0.2, 0.25) is 5.91 Å². The van der Waals surface area contributed by atoms with Crippen LogP contribution >= 0.6 is 11.3 Å². The molecule has 2 N–H and O–H groups in total. The number of nitrogens with one attached hydrogen (secondary N) is 2. The van der Waals surface area contributed by atoms with Crippen molar-refractivity contribution >= 4 is 40.1 Å². The van der Waals surface area contributed by atoms with Crippen molar-refractivity contribution in [3.63, 3.8) is 0 Å². The monoisotopic (exact) mass is 661 g/mol. The maximum atomic E-state index is 14.0. The van der Waals surface area contributed by atoms with Gasteiger partial charge in [0, 0.05) is 41.8 Å². The number of aromatic nitrogens is 2. The van der Waals surface area contributed by atoms with Crippen LogP contribution < -0.4 is 20.1 Å². The number of nitrogens with zero attached hydrogens (tertiary/aromatic N) is 3. The molecular formula is C35H43N5O6S. The van der Waals surface area contributed by atoms with E-state index < -0.39 is 23.7 Å². The van der Waals surface area contributed by atoms with E-state index in [0.717, 1.165) is 41.8 Å². The van der Waals surface area contributed by atoms with Gasteiger partial charge in [-0.2, -0.15) is 0 Å². The zero-order valence-electron chi connectivity index (χ0n) is 27.4. The Hall–Kier alpha value is -4.19. The number of thiazole rings is 1. The van der Waals surface area contributed by atoms with Crippen molar-refractivity contribution in [3.05, 3.63) is 47.5 Å². The molecule has 1 aromatic carbocycles. The molecule has 1 saturated carbocycles. The highest BCUT2D eigenvalue weighted by atomic mass is 32.1. The van der Waals surface area contributed by atoms with Gasteiger partial charge in [-0.25, -0.2) is 19.6 Å². The van der Waals surface area contributed by atoms with Crippen molar-refractivity contribution in [1.29, 1.82) is 0 Å². The summed E-state index contributed by atoms with van der Waals surface area (Å²) in [6, 6.07) is 6.34. The molecule has 47 heavy (non-hydrogen) atoms. The van der Waals surface area contributed by atoms with Crippen molar-refractivity contribution in [3.8, 4) is 22.2 Å². The van der Waals surface area contributed by atoms with Gasteiger partial charge in [-0.05, 0) is 50.7 Å². The van der Waals surface area contributed by atoms with E-state index in [0.29, 0.717) is 35.7 Å². The lowest BCUT2D eigenvalue weighted by Gasteiger charge is -2.26. The minimum atomic E-state index is -1.12. The number of ether oxygens (including phenoxy) is 3. The Morgan fingerprint density at radius 1 is 1.17 bits per heavy atom. The SMILES string of the molecule is CCOC(=O)[C@@]12C[C@H]1/C=C\CCCCCNC(=O)N1C[C@H](Oc3cc(-c4nc(C(C)C)cs4)nc4cc(OC)ccc34)C[C@H]1C(=O)N2. The fraction of sp³-hybridized carbons (Fsp3) is 0.514. The summed E-state index contributed by atoms with van der Waals surface area (Å²) < 4.78 is 17.5. The number of allylic oxidation sites excluding steroid dienone is 1. The molecule has 0 radical (unpaired) electrons. The Morgan fingerprint density at radius 3 is 2.79 bits per heavy atom. The first-order valence-electron chi connectivity index (χ1n) is 16.5. The third-order valence-electron chi connectivity index (χ3n) is 9.12. The van der Waals surface area contributed by atoms with Crippen molar-refractivity contribution in [1.82, 2.24) is 25.5 Å². The number of rotatable bonds is 7. The number of urea groups is 1. The van der Waals surface area contributed by atoms with Gasteiger partial charge in [0.05, 0.1) is 31.5 Å². The maximum absolute atomic E-state index is 14.0. The lowest BCUT2D eigenvalue weighted by Crippen LogP contribution is -2.54. The van der Waals surface area contributed by atoms with Crippen LogP contribution in [0.5, 0.6) is 11.5 Å². The summed E-state index contributed by atoms with van der Waals surface area (Å²) in [5, 5.41) is 9.61. The van der Waals surface area contributed by atoms with Crippen LogP contribution in [-0.4, -0.2) is 77.3 Å². The number of pyridine rings is 1. The summed E-state index contributed by atoms with van der Waals surface area (Å²) in [4.78, 5) is 51.8. The Kier molecular flexibility index (Phi) is 9.67. The maximum Gasteiger partial charge on any atom is 0.332 e. The lowest BCUT2D eigenvalue weighted by molar-refractivity contribution is -0.149. The highest BCUT2D eigenvalue weighted by Gasteiger charge is 2.62. The van der Waals surface area contributed by atoms with Gasteiger partial charge < -0.3 is 29.7 Å². The predicted octanol–water partition coefficient (Wildman–Crippen LogP) is 5.59. The lowest BCUT2D eigenvalue weighted by atomic mass is 10.1. The molecule has 4 heterocycles. The number of amides is 3. The molecule has 11 nitrogen and oxygen atoms in total. The summed E-state index contributed by atoms with van der Waals surface area (Å²) in [6.45, 7) is 6.89. The number of fused-ring (bicyclic) bond motifs is 3. The molecule has 1 aliphatic carbocycles. The van der Waals surface area contributed by atoms with Gasteiger partial charge in [0.25, 0.3) is 0 Å². The third-order valence-corrected chi connectivity index (χ3v) is 10.0. The number of methoxy groups -OCH3 is 1. The molecular weight excluding hydrogens is 618 g/mol. The van der Waals surface area contributed by atoms with E-state index in [-0.39, 0.29) is 43.3 Å². The fourth-order valence-corrected chi connectivity index (χ4v) is 7.29. The Balaban J connectivity index is 1.30. The molecule has 12 heteroatoms. The predicted molar refractivity (Wildman–Crippen MR) is 180 cm³/mol. The van der Waals surface area contributed by atoms with E-state index in [4.69, 9.17) is 24.2 Å². The minimum absolute atomic E-state index is 0.146. The first-order valence-corrected chi connectivity index (χ1v) is 17.4. The van der Waals surface area contributed by atoms with Crippen molar-refractivity contribution in [2.45, 2.75) is 82.9 Å². The molecule has 3 amide bonds. The van der Waals surface area contributed by atoms with Crippen LogP contribution in [0.1, 0.15) is 70.9 Å². The second-order valence-corrected chi connectivity index (χ2v) is 13.6. The van der Waals surface area contributed by atoms with Crippen molar-refractivity contribution in [2.75, 3.05) is 26.8 Å². The number of hydrogen-bond acceptors (Lipinski definition) is 9. The molecule has 3 aromatic rings. The summed E-state index contributed by atoms with van der Waals surface area (Å²) in [5.74, 6) is 0.550. The van der Waals surface area contributed by atoms with E-state index in [1.807, 2.05) is 35.7 Å². The highest BCUT2D eigenvalue weighted by Crippen LogP contribution is 2.46. The smallest absolute Gasteiger partial charge is 0.332 e. The fourth-order valence-electron chi connectivity index (χ4n) is 6.35. The average molecular weight is 662 g/mol.